The first-order valence-corrected chi connectivity index (χ1v) is 18.7. The fourth-order valence-electron chi connectivity index (χ4n) is 6.51. The summed E-state index contributed by atoms with van der Waals surface area (Å²) in [6.45, 7) is 8.90. The molecule has 8 atom stereocenters. The normalized spacial score (nSPS) is 27.7. The Morgan fingerprint density at radius 2 is 1.30 bits per heavy atom. The smallest absolute Gasteiger partial charge is 0.326 e. The fraction of sp³-hybridized carbons (Fsp3) is 0.605. The van der Waals surface area contributed by atoms with E-state index in [9.17, 15) is 43.8 Å². The van der Waals surface area contributed by atoms with Crippen LogP contribution in [0.25, 0.3) is 0 Å². The van der Waals surface area contributed by atoms with Gasteiger partial charge in [0.2, 0.25) is 35.4 Å². The Morgan fingerprint density at radius 1 is 0.759 bits per heavy atom. The molecule has 6 amide bonds. The van der Waals surface area contributed by atoms with E-state index < -0.39 is 89.8 Å². The van der Waals surface area contributed by atoms with E-state index >= 15 is 0 Å². The van der Waals surface area contributed by atoms with Gasteiger partial charge in [-0.2, -0.15) is 0 Å². The van der Waals surface area contributed by atoms with Crippen LogP contribution in [0.1, 0.15) is 78.7 Å². The van der Waals surface area contributed by atoms with E-state index in [2.05, 4.69) is 26.6 Å². The van der Waals surface area contributed by atoms with Crippen LogP contribution in [0.3, 0.4) is 0 Å². The lowest BCUT2D eigenvalue weighted by atomic mass is 9.99. The number of hydrogen-bond acceptors (Lipinski definition) is 9. The van der Waals surface area contributed by atoms with Crippen LogP contribution in [0.4, 0.5) is 0 Å². The minimum absolute atomic E-state index is 0.00723. The van der Waals surface area contributed by atoms with Crippen LogP contribution in [0.2, 0.25) is 0 Å². The molecule has 0 saturated carbocycles. The molecule has 0 aliphatic carbocycles. The zero-order valence-corrected chi connectivity index (χ0v) is 31.7. The third kappa shape index (κ3) is 12.9. The van der Waals surface area contributed by atoms with Gasteiger partial charge >= 0.3 is 5.97 Å². The predicted octanol–water partition coefficient (Wildman–Crippen LogP) is -0.121. The van der Waals surface area contributed by atoms with Crippen LogP contribution in [0.15, 0.2) is 42.5 Å². The summed E-state index contributed by atoms with van der Waals surface area (Å²) in [5, 5.41) is 33.7. The summed E-state index contributed by atoms with van der Waals surface area (Å²) in [5.74, 6) is -5.75. The molecule has 1 saturated heterocycles. The van der Waals surface area contributed by atoms with Crippen molar-refractivity contribution in [2.24, 2.45) is 17.6 Å². The molecule has 1 aromatic carbocycles. The van der Waals surface area contributed by atoms with Crippen LogP contribution in [-0.2, 0) is 40.0 Å². The van der Waals surface area contributed by atoms with Crippen molar-refractivity contribution in [3.05, 3.63) is 48.0 Å². The minimum Gasteiger partial charge on any atom is -0.480 e. The summed E-state index contributed by atoms with van der Waals surface area (Å²) in [6, 6.07) is 0.264. The maximum Gasteiger partial charge on any atom is 0.326 e. The standard InChI is InChI=1S/C38H57N7O9/c1-21(2)18-27-32(47)41-29(20-24-12-7-6-8-13-24)33(48)40-26(38(53)54)15-10-9-14-25(39)37(52)45-17-11-16-30(45)35(50)42-28(19-22(3)4)34(49)44-31(23(5)46)36(51)43-27/h6-10,12-13,21-23,25-31,46H,11,14-20,39H2,1-5H3,(H,40,48)(H,41,47)(H,42,50)(H,43,51)(H,44,49)(H,53,54). The number of hydrogen-bond donors (Lipinski definition) is 8. The summed E-state index contributed by atoms with van der Waals surface area (Å²) in [4.78, 5) is 95.6. The summed E-state index contributed by atoms with van der Waals surface area (Å²) in [5.41, 5.74) is 6.90. The molecule has 0 bridgehead atoms. The van der Waals surface area contributed by atoms with Gasteiger partial charge in [0.1, 0.15) is 36.3 Å². The summed E-state index contributed by atoms with van der Waals surface area (Å²) < 4.78 is 0. The van der Waals surface area contributed by atoms with Crippen molar-refractivity contribution < 1.29 is 43.8 Å². The molecule has 3 rings (SSSR count). The lowest BCUT2D eigenvalue weighted by Crippen LogP contribution is -2.62. The topological polar surface area (TPSA) is 249 Å². The highest BCUT2D eigenvalue weighted by Crippen LogP contribution is 2.20. The van der Waals surface area contributed by atoms with Crippen molar-refractivity contribution >= 4 is 41.4 Å². The second kappa shape index (κ2) is 20.6. The molecule has 2 aliphatic rings. The Hall–Kier alpha value is -4.83. The van der Waals surface area contributed by atoms with E-state index in [0.717, 1.165) is 0 Å². The van der Waals surface area contributed by atoms with Crippen LogP contribution in [0.5, 0.6) is 0 Å². The number of aliphatic hydroxyl groups is 1. The van der Waals surface area contributed by atoms with Crippen LogP contribution in [0, 0.1) is 11.8 Å². The number of fused-ring (bicyclic) bond motifs is 1. The number of carboxylic acid groups (broad SMARTS) is 1. The molecule has 8 unspecified atom stereocenters. The number of aliphatic carboxylic acids is 1. The number of carboxylic acids is 1. The first kappa shape index (κ1) is 43.6. The quantitative estimate of drug-likeness (QED) is 0.163. The number of nitrogens with two attached hydrogens (primary N) is 1. The van der Waals surface area contributed by atoms with Crippen molar-refractivity contribution in [1.82, 2.24) is 31.5 Å². The Balaban J connectivity index is 2.03. The number of nitrogens with zero attached hydrogens (tertiary/aromatic N) is 1. The zero-order valence-electron chi connectivity index (χ0n) is 31.7. The second-order valence-electron chi connectivity index (χ2n) is 15.0. The molecule has 0 radical (unpaired) electrons. The van der Waals surface area contributed by atoms with Gasteiger partial charge in [-0.05, 0) is 62.8 Å². The van der Waals surface area contributed by atoms with E-state index in [4.69, 9.17) is 5.73 Å². The highest BCUT2D eigenvalue weighted by molar-refractivity contribution is 5.97. The summed E-state index contributed by atoms with van der Waals surface area (Å²) in [7, 11) is 0. The Kier molecular flexibility index (Phi) is 16.6. The minimum atomic E-state index is -1.54. The fourth-order valence-corrected chi connectivity index (χ4v) is 6.51. The maximum absolute atomic E-state index is 13.9. The number of carbonyl (C=O) groups is 7. The molecular formula is C38H57N7O9. The maximum atomic E-state index is 13.9. The van der Waals surface area contributed by atoms with Crippen molar-refractivity contribution in [3.8, 4) is 0 Å². The van der Waals surface area contributed by atoms with E-state index in [1.165, 1.54) is 24.0 Å². The molecule has 2 heterocycles. The summed E-state index contributed by atoms with van der Waals surface area (Å²) in [6.07, 6.45) is 2.60. The molecule has 16 heteroatoms. The van der Waals surface area contributed by atoms with Gasteiger partial charge in [-0.15, -0.1) is 0 Å². The molecule has 0 spiro atoms. The largest absolute Gasteiger partial charge is 0.480 e. The Labute approximate surface area is 316 Å². The van der Waals surface area contributed by atoms with Gasteiger partial charge in [-0.1, -0.05) is 70.2 Å². The Bertz CT molecular complexity index is 1520. The molecular weight excluding hydrogens is 698 g/mol. The molecule has 1 aromatic rings. The van der Waals surface area contributed by atoms with Crippen molar-refractivity contribution in [1.29, 1.82) is 0 Å². The number of nitrogens with one attached hydrogen (secondary N) is 5. The van der Waals surface area contributed by atoms with Crippen LogP contribution in [-0.4, -0.2) is 111 Å². The Morgan fingerprint density at radius 3 is 1.87 bits per heavy atom. The van der Waals surface area contributed by atoms with E-state index in [0.29, 0.717) is 18.4 Å². The molecule has 16 nitrogen and oxygen atoms in total. The first-order chi connectivity index (χ1) is 25.5. The molecule has 9 N–H and O–H groups in total. The third-order valence-corrected chi connectivity index (χ3v) is 9.36. The zero-order chi connectivity index (χ0) is 40.1. The molecule has 54 heavy (non-hydrogen) atoms. The van der Waals surface area contributed by atoms with E-state index in [1.54, 1.807) is 30.3 Å². The average molecular weight is 756 g/mol. The van der Waals surface area contributed by atoms with Gasteiger partial charge < -0.3 is 47.4 Å². The van der Waals surface area contributed by atoms with Gasteiger partial charge in [0.15, 0.2) is 0 Å². The van der Waals surface area contributed by atoms with Gasteiger partial charge in [-0.25, -0.2) is 4.79 Å². The number of rotatable bonds is 8. The highest BCUT2D eigenvalue weighted by atomic mass is 16.4. The van der Waals surface area contributed by atoms with Gasteiger partial charge in [0.25, 0.3) is 0 Å². The van der Waals surface area contributed by atoms with Crippen molar-refractivity contribution in [2.75, 3.05) is 6.54 Å². The lowest BCUT2D eigenvalue weighted by molar-refractivity contribution is -0.142. The molecule has 298 valence electrons. The third-order valence-electron chi connectivity index (χ3n) is 9.36. The van der Waals surface area contributed by atoms with Crippen molar-refractivity contribution in [3.63, 3.8) is 0 Å². The van der Waals surface area contributed by atoms with Gasteiger partial charge in [0, 0.05) is 13.0 Å². The molecule has 1 fully saturated rings. The monoisotopic (exact) mass is 755 g/mol. The number of benzene rings is 1. The second-order valence-corrected chi connectivity index (χ2v) is 15.0. The predicted molar refractivity (Wildman–Crippen MR) is 199 cm³/mol. The van der Waals surface area contributed by atoms with Gasteiger partial charge in [-0.3, -0.25) is 28.8 Å². The summed E-state index contributed by atoms with van der Waals surface area (Å²) >= 11 is 0. The van der Waals surface area contributed by atoms with E-state index in [1.807, 2.05) is 27.7 Å². The highest BCUT2D eigenvalue weighted by Gasteiger charge is 2.39. The van der Waals surface area contributed by atoms with Crippen LogP contribution >= 0.6 is 0 Å². The average Bonchev–Trinajstić information content (AvgIpc) is 3.60. The SMILES string of the molecule is CC(C)CC1NC(=O)C(C(C)O)NC(=O)C(CC(C)C)NC(=O)C2CCCN2C(=O)C(N)CC=CCC(C(=O)O)NC(=O)C(Cc2ccccc2)NC1=O. The van der Waals surface area contributed by atoms with E-state index in [-0.39, 0.29) is 50.5 Å². The molecule has 2 aliphatic heterocycles. The number of amides is 6. The first-order valence-electron chi connectivity index (χ1n) is 18.7. The van der Waals surface area contributed by atoms with Crippen molar-refractivity contribution in [2.45, 2.75) is 128 Å². The lowest BCUT2D eigenvalue weighted by Gasteiger charge is -2.30. The van der Waals surface area contributed by atoms with Gasteiger partial charge in [0.05, 0.1) is 12.1 Å². The number of aliphatic hydroxyl groups excluding tert-OH is 1. The van der Waals surface area contributed by atoms with Crippen LogP contribution < -0.4 is 32.3 Å². The number of carbonyl (C=O) groups excluding carboxylic acids is 6. The molecule has 0 aromatic heterocycles.